The third-order valence-electron chi connectivity index (χ3n) is 3.59. The van der Waals surface area contributed by atoms with E-state index in [1.807, 2.05) is 13.0 Å². The van der Waals surface area contributed by atoms with Crippen molar-refractivity contribution in [2.75, 3.05) is 0 Å². The molecule has 0 unspecified atom stereocenters. The van der Waals surface area contributed by atoms with Gasteiger partial charge in [0.25, 0.3) is 0 Å². The number of benzene rings is 2. The van der Waals surface area contributed by atoms with Gasteiger partial charge in [0.15, 0.2) is 0 Å². The van der Waals surface area contributed by atoms with E-state index in [1.165, 1.54) is 12.1 Å². The average Bonchev–Trinajstić information content (AvgIpc) is 2.54. The van der Waals surface area contributed by atoms with Crippen molar-refractivity contribution in [3.63, 3.8) is 0 Å². The van der Waals surface area contributed by atoms with Crippen molar-refractivity contribution in [1.82, 2.24) is 0 Å². The minimum Gasteiger partial charge on any atom is -0.423 e. The van der Waals surface area contributed by atoms with E-state index in [9.17, 15) is 9.59 Å². The second-order valence-corrected chi connectivity index (χ2v) is 5.16. The fraction of sp³-hybridized carbons (Fsp3) is 0.111. The first kappa shape index (κ1) is 15.0. The lowest BCUT2D eigenvalue weighted by atomic mass is 10.1. The second-order valence-electron chi connectivity index (χ2n) is 5.16. The summed E-state index contributed by atoms with van der Waals surface area (Å²) in [6.07, 6.45) is 0. The molecule has 5 nitrogen and oxygen atoms in total. The smallest absolute Gasteiger partial charge is 0.343 e. The first-order chi connectivity index (χ1) is 11.1. The minimum atomic E-state index is -0.500. The number of hydrogen-bond acceptors (Lipinski definition) is 5. The normalized spacial score (nSPS) is 10.7. The van der Waals surface area contributed by atoms with Gasteiger partial charge in [-0.3, -0.25) is 0 Å². The molecule has 3 rings (SSSR count). The van der Waals surface area contributed by atoms with Crippen LogP contribution in [0.15, 0.2) is 57.7 Å². The van der Waals surface area contributed by atoms with E-state index in [4.69, 9.17) is 14.9 Å². The summed E-state index contributed by atoms with van der Waals surface area (Å²) in [7, 11) is 0. The van der Waals surface area contributed by atoms with E-state index in [0.717, 1.165) is 10.9 Å². The van der Waals surface area contributed by atoms with Crippen molar-refractivity contribution in [1.29, 1.82) is 0 Å². The predicted molar refractivity (Wildman–Crippen MR) is 86.5 cm³/mol. The lowest BCUT2D eigenvalue weighted by Gasteiger charge is -2.08. The Morgan fingerprint density at radius 2 is 1.96 bits per heavy atom. The largest absolute Gasteiger partial charge is 0.423 e. The van der Waals surface area contributed by atoms with Gasteiger partial charge in [0, 0.05) is 24.1 Å². The molecule has 0 saturated carbocycles. The Kier molecular flexibility index (Phi) is 3.95. The molecule has 23 heavy (non-hydrogen) atoms. The van der Waals surface area contributed by atoms with E-state index in [0.29, 0.717) is 22.5 Å². The molecule has 0 spiro atoms. The zero-order valence-electron chi connectivity index (χ0n) is 12.5. The molecule has 2 N–H and O–H groups in total. The molecular formula is C18H15NO4. The molecule has 0 saturated heterocycles. The summed E-state index contributed by atoms with van der Waals surface area (Å²) >= 11 is 0. The Morgan fingerprint density at radius 3 is 2.74 bits per heavy atom. The minimum absolute atomic E-state index is 0.247. The van der Waals surface area contributed by atoms with Crippen LogP contribution < -0.4 is 16.1 Å². The van der Waals surface area contributed by atoms with Crippen LogP contribution in [0, 0.1) is 6.92 Å². The maximum absolute atomic E-state index is 12.3. The average molecular weight is 309 g/mol. The van der Waals surface area contributed by atoms with E-state index in [1.54, 1.807) is 30.3 Å². The van der Waals surface area contributed by atoms with Gasteiger partial charge in [0.05, 0.1) is 5.56 Å². The van der Waals surface area contributed by atoms with Gasteiger partial charge in [-0.2, -0.15) is 0 Å². The number of esters is 1. The monoisotopic (exact) mass is 309 g/mol. The van der Waals surface area contributed by atoms with Crippen LogP contribution in [0.4, 0.5) is 0 Å². The van der Waals surface area contributed by atoms with Gasteiger partial charge in [-0.1, -0.05) is 18.2 Å². The third-order valence-corrected chi connectivity index (χ3v) is 3.59. The topological polar surface area (TPSA) is 82.5 Å². The molecule has 0 aliphatic carbocycles. The molecule has 0 amide bonds. The first-order valence-corrected chi connectivity index (χ1v) is 7.13. The van der Waals surface area contributed by atoms with Gasteiger partial charge in [-0.05, 0) is 36.2 Å². The number of aryl methyl sites for hydroxylation is 1. The van der Waals surface area contributed by atoms with Gasteiger partial charge in [-0.25, -0.2) is 9.59 Å². The maximum atomic E-state index is 12.3. The highest BCUT2D eigenvalue weighted by molar-refractivity contribution is 5.93. The molecule has 1 heterocycles. The Morgan fingerprint density at radius 1 is 1.17 bits per heavy atom. The summed E-state index contributed by atoms with van der Waals surface area (Å²) in [6, 6.07) is 13.4. The summed E-state index contributed by atoms with van der Waals surface area (Å²) in [5.74, 6) is -0.191. The molecule has 0 radical (unpaired) electrons. The van der Waals surface area contributed by atoms with Crippen LogP contribution in [-0.4, -0.2) is 5.97 Å². The zero-order chi connectivity index (χ0) is 16.4. The van der Waals surface area contributed by atoms with Crippen LogP contribution in [-0.2, 0) is 6.54 Å². The molecular weight excluding hydrogens is 294 g/mol. The number of carbonyl (C=O) groups is 1. The first-order valence-electron chi connectivity index (χ1n) is 7.13. The standard InChI is InChI=1S/C18H15NO4/c1-11-8-17(20)23-16-9-13(6-7-14(11)16)22-18(21)15-5-3-2-4-12(15)10-19/h2-9H,10,19H2,1H3. The molecule has 1 aromatic heterocycles. The molecule has 3 aromatic rings. The van der Waals surface area contributed by atoms with Gasteiger partial charge >= 0.3 is 11.6 Å². The Balaban J connectivity index is 1.95. The highest BCUT2D eigenvalue weighted by Crippen LogP contribution is 2.23. The lowest BCUT2D eigenvalue weighted by Crippen LogP contribution is -2.13. The van der Waals surface area contributed by atoms with E-state index in [2.05, 4.69) is 0 Å². The highest BCUT2D eigenvalue weighted by atomic mass is 16.5. The number of carbonyl (C=O) groups excluding carboxylic acids is 1. The Hall–Kier alpha value is -2.92. The van der Waals surface area contributed by atoms with Gasteiger partial charge in [-0.15, -0.1) is 0 Å². The Labute approximate surface area is 132 Å². The van der Waals surface area contributed by atoms with Crippen LogP contribution in [0.5, 0.6) is 5.75 Å². The molecule has 0 aliphatic heterocycles. The van der Waals surface area contributed by atoms with Crippen LogP contribution in [0.2, 0.25) is 0 Å². The van der Waals surface area contributed by atoms with E-state index < -0.39 is 11.6 Å². The van der Waals surface area contributed by atoms with Crippen LogP contribution in [0.1, 0.15) is 21.5 Å². The molecule has 116 valence electrons. The van der Waals surface area contributed by atoms with Crippen LogP contribution in [0.3, 0.4) is 0 Å². The van der Waals surface area contributed by atoms with Crippen molar-refractivity contribution in [2.45, 2.75) is 13.5 Å². The molecule has 0 fully saturated rings. The summed E-state index contributed by atoms with van der Waals surface area (Å²) in [5, 5.41) is 0.798. The number of ether oxygens (including phenoxy) is 1. The van der Waals surface area contributed by atoms with Crippen molar-refractivity contribution < 1.29 is 13.9 Å². The Bertz CT molecular complexity index is 943. The number of hydrogen-bond donors (Lipinski definition) is 1. The predicted octanol–water partition coefficient (Wildman–Crippen LogP) is 2.78. The van der Waals surface area contributed by atoms with Gasteiger partial charge in [0.2, 0.25) is 0 Å². The number of nitrogens with two attached hydrogens (primary N) is 1. The van der Waals surface area contributed by atoms with Crippen molar-refractivity contribution in [3.05, 3.63) is 75.6 Å². The lowest BCUT2D eigenvalue weighted by molar-refractivity contribution is 0.0734. The van der Waals surface area contributed by atoms with Crippen molar-refractivity contribution >= 4 is 16.9 Å². The van der Waals surface area contributed by atoms with E-state index >= 15 is 0 Å². The van der Waals surface area contributed by atoms with Crippen LogP contribution >= 0.6 is 0 Å². The molecule has 0 atom stereocenters. The van der Waals surface area contributed by atoms with E-state index in [-0.39, 0.29) is 6.54 Å². The molecule has 0 aliphatic rings. The van der Waals surface area contributed by atoms with Crippen molar-refractivity contribution in [2.24, 2.45) is 5.73 Å². The third kappa shape index (κ3) is 3.00. The zero-order valence-corrected chi connectivity index (χ0v) is 12.5. The van der Waals surface area contributed by atoms with Crippen molar-refractivity contribution in [3.8, 4) is 5.75 Å². The molecule has 2 aromatic carbocycles. The second kappa shape index (κ2) is 6.06. The quantitative estimate of drug-likeness (QED) is 0.457. The fourth-order valence-electron chi connectivity index (χ4n) is 2.43. The summed E-state index contributed by atoms with van der Waals surface area (Å²) in [6.45, 7) is 2.07. The summed E-state index contributed by atoms with van der Waals surface area (Å²) in [5.41, 5.74) is 7.51. The fourth-order valence-corrected chi connectivity index (χ4v) is 2.43. The van der Waals surface area contributed by atoms with Gasteiger partial charge in [0.1, 0.15) is 11.3 Å². The van der Waals surface area contributed by atoms with Gasteiger partial charge < -0.3 is 14.9 Å². The number of rotatable bonds is 3. The SMILES string of the molecule is Cc1cc(=O)oc2cc(OC(=O)c3ccccc3CN)ccc12. The summed E-state index contributed by atoms with van der Waals surface area (Å²) < 4.78 is 10.5. The highest BCUT2D eigenvalue weighted by Gasteiger charge is 2.13. The summed E-state index contributed by atoms with van der Waals surface area (Å²) in [4.78, 5) is 23.7. The number of fused-ring (bicyclic) bond motifs is 1. The maximum Gasteiger partial charge on any atom is 0.343 e. The van der Waals surface area contributed by atoms with Crippen LogP contribution in [0.25, 0.3) is 11.0 Å². The molecule has 5 heteroatoms. The molecule has 0 bridgehead atoms.